The van der Waals surface area contributed by atoms with Crippen molar-refractivity contribution in [1.82, 2.24) is 9.88 Å². The lowest BCUT2D eigenvalue weighted by Crippen LogP contribution is -2.41. The average Bonchev–Trinajstić information content (AvgIpc) is 2.62. The first-order valence-electron chi connectivity index (χ1n) is 9.11. The topological polar surface area (TPSA) is 51.7 Å². The third-order valence-electron chi connectivity index (χ3n) is 4.24. The number of hydrogen-bond acceptors (Lipinski definition) is 4. The Morgan fingerprint density at radius 3 is 2.54 bits per heavy atom. The molecule has 0 spiro atoms. The number of hydrogen-bond donors (Lipinski definition) is 0. The van der Waals surface area contributed by atoms with E-state index in [9.17, 15) is 4.79 Å². The lowest BCUT2D eigenvalue weighted by molar-refractivity contribution is 0.00948. The molecule has 26 heavy (non-hydrogen) atoms. The van der Waals surface area contributed by atoms with Crippen molar-refractivity contribution in [2.24, 2.45) is 0 Å². The molecule has 0 saturated carbocycles. The Morgan fingerprint density at radius 2 is 1.88 bits per heavy atom. The van der Waals surface area contributed by atoms with E-state index in [1.54, 1.807) is 6.20 Å². The second-order valence-electron chi connectivity index (χ2n) is 7.53. The summed E-state index contributed by atoms with van der Waals surface area (Å²) < 4.78 is 11.3. The second kappa shape index (κ2) is 7.77. The Balaban J connectivity index is 1.72. The lowest BCUT2D eigenvalue weighted by Gasteiger charge is -2.36. The molecule has 1 amide bonds. The van der Waals surface area contributed by atoms with Crippen molar-refractivity contribution in [2.75, 3.05) is 6.54 Å². The molecule has 1 aromatic heterocycles. The average molecular weight is 354 g/mol. The zero-order valence-corrected chi connectivity index (χ0v) is 15.6. The standard InChI is InChI=1S/C21H26N2O3/c1-21(2,3)26-20(24)23-14-8-7-11-18(23)16-12-13-19(22-15-16)25-17-9-5-4-6-10-17/h4-6,9-10,12-13,15,18H,7-8,11,14H2,1-3H3. The van der Waals surface area contributed by atoms with Crippen LogP contribution in [0.4, 0.5) is 4.79 Å². The van der Waals surface area contributed by atoms with Crippen molar-refractivity contribution in [3.05, 3.63) is 54.2 Å². The zero-order valence-electron chi connectivity index (χ0n) is 15.6. The van der Waals surface area contributed by atoms with E-state index in [4.69, 9.17) is 9.47 Å². The summed E-state index contributed by atoms with van der Waals surface area (Å²) in [6, 6.07) is 13.4. The molecule has 138 valence electrons. The highest BCUT2D eigenvalue weighted by Gasteiger charge is 2.31. The van der Waals surface area contributed by atoms with Crippen LogP contribution in [0.5, 0.6) is 11.6 Å². The molecule has 1 atom stereocenters. The van der Waals surface area contributed by atoms with E-state index in [1.165, 1.54) is 0 Å². The molecule has 2 heterocycles. The lowest BCUT2D eigenvalue weighted by atomic mass is 9.97. The summed E-state index contributed by atoms with van der Waals surface area (Å²) in [6.45, 7) is 6.38. The van der Waals surface area contributed by atoms with Crippen LogP contribution >= 0.6 is 0 Å². The van der Waals surface area contributed by atoms with Gasteiger partial charge in [0.1, 0.15) is 11.4 Å². The molecule has 3 rings (SSSR count). The van der Waals surface area contributed by atoms with Gasteiger partial charge in [-0.25, -0.2) is 9.78 Å². The number of para-hydroxylation sites is 1. The maximum atomic E-state index is 12.6. The van der Waals surface area contributed by atoms with Crippen LogP contribution in [-0.2, 0) is 4.74 Å². The zero-order chi connectivity index (χ0) is 18.6. The minimum Gasteiger partial charge on any atom is -0.444 e. The normalized spacial score (nSPS) is 17.7. The number of nitrogens with zero attached hydrogens (tertiary/aromatic N) is 2. The predicted octanol–water partition coefficient (Wildman–Crippen LogP) is 5.34. The van der Waals surface area contributed by atoms with Gasteiger partial charge in [-0.2, -0.15) is 0 Å². The van der Waals surface area contributed by atoms with E-state index in [0.29, 0.717) is 12.4 Å². The number of carbonyl (C=O) groups is 1. The van der Waals surface area contributed by atoms with Gasteiger partial charge < -0.3 is 14.4 Å². The summed E-state index contributed by atoms with van der Waals surface area (Å²) in [6.07, 6.45) is 4.54. The van der Waals surface area contributed by atoms with Gasteiger partial charge in [-0.3, -0.25) is 0 Å². The van der Waals surface area contributed by atoms with E-state index in [0.717, 1.165) is 30.6 Å². The molecule has 1 unspecified atom stereocenters. The maximum absolute atomic E-state index is 12.6. The number of ether oxygens (including phenoxy) is 2. The van der Waals surface area contributed by atoms with Crippen LogP contribution in [0.25, 0.3) is 0 Å². The molecular formula is C21H26N2O3. The van der Waals surface area contributed by atoms with Crippen molar-refractivity contribution >= 4 is 6.09 Å². The van der Waals surface area contributed by atoms with Gasteiger partial charge in [0.25, 0.3) is 0 Å². The van der Waals surface area contributed by atoms with E-state index in [1.807, 2.05) is 68.1 Å². The number of rotatable bonds is 3. The van der Waals surface area contributed by atoms with Gasteiger partial charge in [0, 0.05) is 18.8 Å². The van der Waals surface area contributed by atoms with Crippen LogP contribution in [-0.4, -0.2) is 28.1 Å². The number of carbonyl (C=O) groups excluding carboxylic acids is 1. The number of piperidine rings is 1. The fourth-order valence-electron chi connectivity index (χ4n) is 3.08. The van der Waals surface area contributed by atoms with Crippen molar-refractivity contribution in [3.8, 4) is 11.6 Å². The molecule has 1 aliphatic rings. The van der Waals surface area contributed by atoms with Gasteiger partial charge in [0.05, 0.1) is 6.04 Å². The van der Waals surface area contributed by atoms with Gasteiger partial charge in [-0.05, 0) is 57.7 Å². The molecule has 1 aliphatic heterocycles. The molecule has 0 radical (unpaired) electrons. The first-order chi connectivity index (χ1) is 12.4. The van der Waals surface area contributed by atoms with Gasteiger partial charge in [0.2, 0.25) is 5.88 Å². The molecule has 0 bridgehead atoms. The van der Waals surface area contributed by atoms with Crippen LogP contribution in [0.3, 0.4) is 0 Å². The van der Waals surface area contributed by atoms with Gasteiger partial charge in [-0.1, -0.05) is 24.3 Å². The highest BCUT2D eigenvalue weighted by atomic mass is 16.6. The Kier molecular flexibility index (Phi) is 5.45. The van der Waals surface area contributed by atoms with Crippen molar-refractivity contribution in [3.63, 3.8) is 0 Å². The van der Waals surface area contributed by atoms with Crippen LogP contribution in [0.2, 0.25) is 0 Å². The van der Waals surface area contributed by atoms with Crippen LogP contribution < -0.4 is 4.74 Å². The summed E-state index contributed by atoms with van der Waals surface area (Å²) in [4.78, 5) is 18.8. The Hall–Kier alpha value is -2.56. The van der Waals surface area contributed by atoms with Crippen LogP contribution in [0.15, 0.2) is 48.7 Å². The van der Waals surface area contributed by atoms with Crippen molar-refractivity contribution in [2.45, 2.75) is 51.7 Å². The number of benzene rings is 1. The van der Waals surface area contributed by atoms with Gasteiger partial charge in [-0.15, -0.1) is 0 Å². The summed E-state index contributed by atoms with van der Waals surface area (Å²) in [5, 5.41) is 0. The summed E-state index contributed by atoms with van der Waals surface area (Å²) >= 11 is 0. The Bertz CT molecular complexity index is 723. The molecule has 1 saturated heterocycles. The van der Waals surface area contributed by atoms with Crippen molar-refractivity contribution in [1.29, 1.82) is 0 Å². The molecule has 0 N–H and O–H groups in total. The van der Waals surface area contributed by atoms with E-state index in [2.05, 4.69) is 4.98 Å². The first kappa shape index (κ1) is 18.2. The summed E-state index contributed by atoms with van der Waals surface area (Å²) in [5.74, 6) is 1.29. The van der Waals surface area contributed by atoms with E-state index < -0.39 is 5.60 Å². The smallest absolute Gasteiger partial charge is 0.410 e. The summed E-state index contributed by atoms with van der Waals surface area (Å²) in [5.41, 5.74) is 0.515. The second-order valence-corrected chi connectivity index (χ2v) is 7.53. The largest absolute Gasteiger partial charge is 0.444 e. The Labute approximate surface area is 155 Å². The number of pyridine rings is 1. The maximum Gasteiger partial charge on any atom is 0.410 e. The number of aromatic nitrogens is 1. The minimum atomic E-state index is -0.495. The minimum absolute atomic E-state index is 0.00289. The fraction of sp³-hybridized carbons (Fsp3) is 0.429. The summed E-state index contributed by atoms with van der Waals surface area (Å²) in [7, 11) is 0. The first-order valence-corrected chi connectivity index (χ1v) is 9.11. The number of likely N-dealkylation sites (tertiary alicyclic amines) is 1. The van der Waals surface area contributed by atoms with Gasteiger partial charge in [0.15, 0.2) is 0 Å². The Morgan fingerprint density at radius 1 is 1.12 bits per heavy atom. The molecule has 5 heteroatoms. The van der Waals surface area contributed by atoms with Gasteiger partial charge >= 0.3 is 6.09 Å². The quantitative estimate of drug-likeness (QED) is 0.747. The molecule has 0 aliphatic carbocycles. The fourth-order valence-corrected chi connectivity index (χ4v) is 3.08. The third kappa shape index (κ3) is 4.75. The van der Waals surface area contributed by atoms with Crippen molar-refractivity contribution < 1.29 is 14.3 Å². The highest BCUT2D eigenvalue weighted by molar-refractivity contribution is 5.69. The molecule has 2 aromatic rings. The molecule has 1 aromatic carbocycles. The monoisotopic (exact) mass is 354 g/mol. The molecule has 5 nitrogen and oxygen atoms in total. The van der Waals surface area contributed by atoms with Crippen LogP contribution in [0.1, 0.15) is 51.6 Å². The third-order valence-corrected chi connectivity index (χ3v) is 4.24. The SMILES string of the molecule is CC(C)(C)OC(=O)N1CCCCC1c1ccc(Oc2ccccc2)nc1. The molecular weight excluding hydrogens is 328 g/mol. The van der Waals surface area contributed by atoms with Crippen LogP contribution in [0, 0.1) is 0 Å². The molecule has 1 fully saturated rings. The number of amides is 1. The highest BCUT2D eigenvalue weighted by Crippen LogP contribution is 2.32. The van der Waals surface area contributed by atoms with E-state index >= 15 is 0 Å². The van der Waals surface area contributed by atoms with E-state index in [-0.39, 0.29) is 12.1 Å². The predicted molar refractivity (Wildman–Crippen MR) is 100 cm³/mol.